The number of nitrogens with one attached hydrogen (secondary N) is 1. The Morgan fingerprint density at radius 1 is 1.69 bits per heavy atom. The van der Waals surface area contributed by atoms with Gasteiger partial charge >= 0.3 is 5.97 Å². The molecular formula is C7H8N2O3S. The van der Waals surface area contributed by atoms with Crippen molar-refractivity contribution in [3.05, 3.63) is 16.1 Å². The Morgan fingerprint density at radius 3 is 2.92 bits per heavy atom. The second-order valence-electron chi connectivity index (χ2n) is 2.19. The summed E-state index contributed by atoms with van der Waals surface area (Å²) < 4.78 is 0. The Balaban J connectivity index is 2.93. The van der Waals surface area contributed by atoms with E-state index in [1.54, 1.807) is 6.92 Å². The van der Waals surface area contributed by atoms with Gasteiger partial charge in [0.25, 0.3) is 5.91 Å². The number of aromatic nitrogens is 1. The van der Waals surface area contributed by atoms with Crippen molar-refractivity contribution in [1.82, 2.24) is 10.3 Å². The van der Waals surface area contributed by atoms with Crippen molar-refractivity contribution in [2.24, 2.45) is 0 Å². The quantitative estimate of drug-likeness (QED) is 0.748. The molecule has 0 aromatic carbocycles. The molecule has 1 rings (SSSR count). The normalized spacial score (nSPS) is 9.62. The van der Waals surface area contributed by atoms with E-state index in [2.05, 4.69) is 10.3 Å². The molecule has 13 heavy (non-hydrogen) atoms. The Bertz CT molecular complexity index is 334. The molecule has 0 saturated heterocycles. The fraction of sp³-hybridized carbons (Fsp3) is 0.286. The minimum absolute atomic E-state index is 0.148. The van der Waals surface area contributed by atoms with Crippen molar-refractivity contribution in [2.45, 2.75) is 6.92 Å². The largest absolute Gasteiger partial charge is 0.476 e. The van der Waals surface area contributed by atoms with E-state index in [0.717, 1.165) is 11.3 Å². The highest BCUT2D eigenvalue weighted by atomic mass is 32.1. The van der Waals surface area contributed by atoms with Gasteiger partial charge in [-0.05, 0) is 6.92 Å². The maximum atomic E-state index is 11.2. The first-order valence-corrected chi connectivity index (χ1v) is 4.49. The van der Waals surface area contributed by atoms with Gasteiger partial charge in [-0.15, -0.1) is 11.3 Å². The predicted molar refractivity (Wildman–Crippen MR) is 47.1 cm³/mol. The van der Waals surface area contributed by atoms with Gasteiger partial charge in [-0.1, -0.05) is 0 Å². The van der Waals surface area contributed by atoms with Gasteiger partial charge in [-0.3, -0.25) is 4.79 Å². The monoisotopic (exact) mass is 200 g/mol. The molecule has 0 spiro atoms. The summed E-state index contributed by atoms with van der Waals surface area (Å²) >= 11 is 1.02. The van der Waals surface area contributed by atoms with E-state index in [9.17, 15) is 9.59 Å². The van der Waals surface area contributed by atoms with E-state index in [4.69, 9.17) is 5.11 Å². The van der Waals surface area contributed by atoms with Gasteiger partial charge < -0.3 is 10.4 Å². The first-order chi connectivity index (χ1) is 6.16. The van der Waals surface area contributed by atoms with Gasteiger partial charge in [0.1, 0.15) is 4.88 Å². The molecule has 0 aliphatic rings. The van der Waals surface area contributed by atoms with Gasteiger partial charge in [0, 0.05) is 6.54 Å². The standard InChI is InChI=1S/C7H8N2O3S/c1-2-8-6(10)5-4(7(11)12)9-3-13-5/h3H,2H2,1H3,(H,8,10)(H,11,12). The highest BCUT2D eigenvalue weighted by Gasteiger charge is 2.18. The summed E-state index contributed by atoms with van der Waals surface area (Å²) in [5.41, 5.74) is 1.16. The van der Waals surface area contributed by atoms with Crippen LogP contribution in [0, 0.1) is 0 Å². The third-order valence-corrected chi connectivity index (χ3v) is 2.14. The van der Waals surface area contributed by atoms with Crippen molar-refractivity contribution >= 4 is 23.2 Å². The molecule has 1 aromatic heterocycles. The number of nitrogens with zero attached hydrogens (tertiary/aromatic N) is 1. The average molecular weight is 200 g/mol. The molecular weight excluding hydrogens is 192 g/mol. The van der Waals surface area contributed by atoms with Crippen molar-refractivity contribution in [3.63, 3.8) is 0 Å². The lowest BCUT2D eigenvalue weighted by molar-refractivity contribution is 0.0686. The zero-order valence-corrected chi connectivity index (χ0v) is 7.72. The Hall–Kier alpha value is -1.43. The maximum Gasteiger partial charge on any atom is 0.356 e. The van der Waals surface area contributed by atoms with Crippen molar-refractivity contribution in [2.75, 3.05) is 6.54 Å². The highest BCUT2D eigenvalue weighted by Crippen LogP contribution is 2.12. The second kappa shape index (κ2) is 3.99. The van der Waals surface area contributed by atoms with Crippen molar-refractivity contribution in [3.8, 4) is 0 Å². The van der Waals surface area contributed by atoms with E-state index < -0.39 is 5.97 Å². The molecule has 6 heteroatoms. The number of rotatable bonds is 3. The molecule has 1 heterocycles. The van der Waals surface area contributed by atoms with Crippen LogP contribution < -0.4 is 5.32 Å². The number of carbonyl (C=O) groups excluding carboxylic acids is 1. The van der Waals surface area contributed by atoms with Crippen LogP contribution in [0.1, 0.15) is 27.1 Å². The number of hydrogen-bond acceptors (Lipinski definition) is 4. The van der Waals surface area contributed by atoms with E-state index in [-0.39, 0.29) is 16.5 Å². The third kappa shape index (κ3) is 2.03. The molecule has 5 nitrogen and oxygen atoms in total. The van der Waals surface area contributed by atoms with Crippen LogP contribution in [-0.4, -0.2) is 28.5 Å². The third-order valence-electron chi connectivity index (χ3n) is 1.31. The van der Waals surface area contributed by atoms with Crippen LogP contribution >= 0.6 is 11.3 Å². The van der Waals surface area contributed by atoms with Crippen molar-refractivity contribution in [1.29, 1.82) is 0 Å². The summed E-state index contributed by atoms with van der Waals surface area (Å²) in [6, 6.07) is 0. The molecule has 0 fully saturated rings. The average Bonchev–Trinajstić information content (AvgIpc) is 2.52. The van der Waals surface area contributed by atoms with E-state index in [1.807, 2.05) is 0 Å². The van der Waals surface area contributed by atoms with Crippen LogP contribution in [-0.2, 0) is 0 Å². The number of amides is 1. The minimum Gasteiger partial charge on any atom is -0.476 e. The number of aromatic carboxylic acids is 1. The predicted octanol–water partition coefficient (Wildman–Crippen LogP) is 0.591. The zero-order valence-electron chi connectivity index (χ0n) is 6.90. The topological polar surface area (TPSA) is 79.3 Å². The fourth-order valence-corrected chi connectivity index (χ4v) is 1.49. The number of carbonyl (C=O) groups is 2. The molecule has 0 unspecified atom stereocenters. The lowest BCUT2D eigenvalue weighted by Gasteiger charge is -1.98. The molecule has 70 valence electrons. The minimum atomic E-state index is -1.18. The SMILES string of the molecule is CCNC(=O)c1scnc1C(=O)O. The summed E-state index contributed by atoms with van der Waals surface area (Å²) in [7, 11) is 0. The molecule has 0 saturated carbocycles. The number of thiazole rings is 1. The van der Waals surface area contributed by atoms with Crippen LogP contribution in [0.4, 0.5) is 0 Å². The first kappa shape index (κ1) is 9.66. The van der Waals surface area contributed by atoms with Gasteiger partial charge in [-0.25, -0.2) is 9.78 Å². The Morgan fingerprint density at radius 2 is 2.38 bits per heavy atom. The molecule has 1 aromatic rings. The molecule has 0 aliphatic heterocycles. The van der Waals surface area contributed by atoms with Crippen LogP contribution in [0.2, 0.25) is 0 Å². The molecule has 0 atom stereocenters. The molecule has 2 N–H and O–H groups in total. The fourth-order valence-electron chi connectivity index (χ4n) is 0.800. The second-order valence-corrected chi connectivity index (χ2v) is 3.05. The maximum absolute atomic E-state index is 11.2. The van der Waals surface area contributed by atoms with Gasteiger partial charge in [0.05, 0.1) is 5.51 Å². The van der Waals surface area contributed by atoms with Crippen LogP contribution in [0.3, 0.4) is 0 Å². The summed E-state index contributed by atoms with van der Waals surface area (Å²) in [4.78, 5) is 25.5. The smallest absolute Gasteiger partial charge is 0.356 e. The van der Waals surface area contributed by atoms with E-state index in [1.165, 1.54) is 5.51 Å². The lowest BCUT2D eigenvalue weighted by Crippen LogP contribution is -2.23. The molecule has 0 radical (unpaired) electrons. The highest BCUT2D eigenvalue weighted by molar-refractivity contribution is 7.12. The number of hydrogen-bond donors (Lipinski definition) is 2. The van der Waals surface area contributed by atoms with Gasteiger partial charge in [0.2, 0.25) is 0 Å². The first-order valence-electron chi connectivity index (χ1n) is 3.61. The number of carboxylic acids is 1. The van der Waals surface area contributed by atoms with E-state index in [0.29, 0.717) is 6.54 Å². The van der Waals surface area contributed by atoms with Crippen LogP contribution in [0.25, 0.3) is 0 Å². The molecule has 0 bridgehead atoms. The Kier molecular flexibility index (Phi) is 2.97. The summed E-state index contributed by atoms with van der Waals surface area (Å²) in [5, 5.41) is 11.1. The molecule has 0 aliphatic carbocycles. The lowest BCUT2D eigenvalue weighted by atomic mass is 10.3. The summed E-state index contributed by atoms with van der Waals surface area (Å²) in [6.45, 7) is 2.23. The Labute approximate surface area is 78.4 Å². The molecule has 1 amide bonds. The van der Waals surface area contributed by atoms with Crippen molar-refractivity contribution < 1.29 is 14.7 Å². The van der Waals surface area contributed by atoms with Gasteiger partial charge in [0.15, 0.2) is 5.69 Å². The van der Waals surface area contributed by atoms with Gasteiger partial charge in [-0.2, -0.15) is 0 Å². The summed E-state index contributed by atoms with van der Waals surface area (Å²) in [6.07, 6.45) is 0. The zero-order chi connectivity index (χ0) is 9.84. The van der Waals surface area contributed by atoms with E-state index >= 15 is 0 Å². The van der Waals surface area contributed by atoms with Crippen LogP contribution in [0.15, 0.2) is 5.51 Å². The number of carboxylic acid groups (broad SMARTS) is 1. The van der Waals surface area contributed by atoms with Crippen LogP contribution in [0.5, 0.6) is 0 Å². The summed E-state index contributed by atoms with van der Waals surface area (Å²) in [5.74, 6) is -1.56.